The van der Waals surface area contributed by atoms with Gasteiger partial charge in [0.15, 0.2) is 0 Å². The summed E-state index contributed by atoms with van der Waals surface area (Å²) in [6.45, 7) is 8.84. The van der Waals surface area contributed by atoms with E-state index in [-0.39, 0.29) is 28.5 Å². The molecule has 0 amide bonds. The third-order valence-electron chi connectivity index (χ3n) is 6.23. The zero-order valence-corrected chi connectivity index (χ0v) is 11.7. The van der Waals surface area contributed by atoms with E-state index in [4.69, 9.17) is 9.47 Å². The van der Waals surface area contributed by atoms with Crippen LogP contribution in [0.2, 0.25) is 0 Å². The summed E-state index contributed by atoms with van der Waals surface area (Å²) in [4.78, 5) is 12.1. The predicted octanol–water partition coefficient (Wildman–Crippen LogP) is 2.53. The molecule has 3 nitrogen and oxygen atoms in total. The highest BCUT2D eigenvalue weighted by Crippen LogP contribution is 2.75. The van der Waals surface area contributed by atoms with Crippen LogP contribution in [0.25, 0.3) is 0 Å². The van der Waals surface area contributed by atoms with Gasteiger partial charge in [0, 0.05) is 5.92 Å². The summed E-state index contributed by atoms with van der Waals surface area (Å²) >= 11 is 0. The quantitative estimate of drug-likeness (QED) is 0.490. The summed E-state index contributed by atoms with van der Waals surface area (Å²) in [6.07, 6.45) is 3.55. The summed E-state index contributed by atoms with van der Waals surface area (Å²) in [5.74, 6) is 0.931. The van der Waals surface area contributed by atoms with Crippen LogP contribution in [0, 0.1) is 23.2 Å². The molecule has 18 heavy (non-hydrogen) atoms. The number of esters is 1. The largest absolute Gasteiger partial charge is 0.455 e. The Labute approximate surface area is 108 Å². The van der Waals surface area contributed by atoms with Crippen molar-refractivity contribution in [3.8, 4) is 0 Å². The fraction of sp³-hybridized carbons (Fsp3) is 0.933. The number of epoxide rings is 1. The molecule has 4 rings (SSSR count). The first-order valence-corrected chi connectivity index (χ1v) is 7.26. The van der Waals surface area contributed by atoms with E-state index in [1.54, 1.807) is 0 Å². The third-order valence-corrected chi connectivity index (χ3v) is 6.23. The minimum atomic E-state index is -0.310. The highest BCUT2D eigenvalue weighted by atomic mass is 16.7. The summed E-state index contributed by atoms with van der Waals surface area (Å²) in [5, 5.41) is 0. The Balaban J connectivity index is 1.87. The Hall–Kier alpha value is -0.570. The van der Waals surface area contributed by atoms with Crippen molar-refractivity contribution < 1.29 is 14.3 Å². The van der Waals surface area contributed by atoms with Crippen molar-refractivity contribution in [2.24, 2.45) is 23.2 Å². The van der Waals surface area contributed by atoms with Crippen molar-refractivity contribution in [2.75, 3.05) is 0 Å². The lowest BCUT2D eigenvalue weighted by atomic mass is 9.62. The molecule has 0 unspecified atom stereocenters. The molecule has 0 aromatic heterocycles. The lowest BCUT2D eigenvalue weighted by Gasteiger charge is -2.45. The first-order valence-electron chi connectivity index (χ1n) is 7.26. The summed E-state index contributed by atoms with van der Waals surface area (Å²) in [5.41, 5.74) is -0.323. The minimum absolute atomic E-state index is 0.000394. The van der Waals surface area contributed by atoms with Gasteiger partial charge in [-0.3, -0.25) is 4.79 Å². The maximum atomic E-state index is 12.1. The lowest BCUT2D eigenvalue weighted by Crippen LogP contribution is -2.55. The Morgan fingerprint density at radius 3 is 2.61 bits per heavy atom. The molecule has 3 heteroatoms. The summed E-state index contributed by atoms with van der Waals surface area (Å²) in [6, 6.07) is 0. The Morgan fingerprint density at radius 2 is 1.94 bits per heavy atom. The molecule has 2 heterocycles. The first-order chi connectivity index (χ1) is 8.35. The molecule has 0 bridgehead atoms. The molecule has 0 radical (unpaired) electrons. The van der Waals surface area contributed by atoms with Gasteiger partial charge in [0.2, 0.25) is 0 Å². The summed E-state index contributed by atoms with van der Waals surface area (Å²) < 4.78 is 12.2. The highest BCUT2D eigenvalue weighted by Gasteiger charge is 2.87. The number of hydrogen-bond donors (Lipinski definition) is 0. The van der Waals surface area contributed by atoms with Crippen LogP contribution < -0.4 is 0 Å². The zero-order valence-electron chi connectivity index (χ0n) is 11.7. The van der Waals surface area contributed by atoms with Gasteiger partial charge in [-0.2, -0.15) is 0 Å². The van der Waals surface area contributed by atoms with E-state index in [9.17, 15) is 4.79 Å². The minimum Gasteiger partial charge on any atom is -0.455 e. The molecule has 2 spiro atoms. The average molecular weight is 250 g/mol. The van der Waals surface area contributed by atoms with Crippen LogP contribution in [0.4, 0.5) is 0 Å². The number of carbonyl (C=O) groups is 1. The number of carbonyl (C=O) groups excluding carboxylic acids is 1. The fourth-order valence-electron chi connectivity index (χ4n) is 5.50. The maximum Gasteiger partial charge on any atom is 0.309 e. The van der Waals surface area contributed by atoms with Gasteiger partial charge >= 0.3 is 5.97 Å². The molecule has 2 aliphatic heterocycles. The molecular weight excluding hydrogens is 228 g/mol. The topological polar surface area (TPSA) is 38.8 Å². The van der Waals surface area contributed by atoms with Crippen molar-refractivity contribution in [1.82, 2.24) is 0 Å². The van der Waals surface area contributed by atoms with Crippen LogP contribution in [0.5, 0.6) is 0 Å². The molecule has 0 aromatic carbocycles. The van der Waals surface area contributed by atoms with Crippen molar-refractivity contribution in [1.29, 1.82) is 0 Å². The van der Waals surface area contributed by atoms with E-state index in [0.29, 0.717) is 17.9 Å². The van der Waals surface area contributed by atoms with Crippen LogP contribution in [0.1, 0.15) is 47.0 Å². The molecule has 2 aliphatic carbocycles. The standard InChI is InChI=1S/C15H22O3/c1-8-5-6-10-9(2)11(16)17-14(10)7-13(3,4)12-15(8,14)18-12/h8-10,12H,5-7H2,1-4H3/t8-,9-,10-,12+,14+,15+/m0/s1. The first kappa shape index (κ1) is 11.3. The molecule has 2 saturated carbocycles. The molecular formula is C15H22O3. The van der Waals surface area contributed by atoms with E-state index in [1.165, 1.54) is 6.42 Å². The van der Waals surface area contributed by atoms with Gasteiger partial charge in [-0.1, -0.05) is 27.7 Å². The van der Waals surface area contributed by atoms with Gasteiger partial charge in [0.1, 0.15) is 11.2 Å². The van der Waals surface area contributed by atoms with Gasteiger partial charge in [-0.05, 0) is 30.6 Å². The molecule has 6 atom stereocenters. The Bertz CT molecular complexity index is 443. The molecule has 4 aliphatic rings. The number of rotatable bonds is 0. The van der Waals surface area contributed by atoms with Crippen molar-refractivity contribution in [3.05, 3.63) is 0 Å². The van der Waals surface area contributed by atoms with Gasteiger partial charge in [0.25, 0.3) is 0 Å². The lowest BCUT2D eigenvalue weighted by molar-refractivity contribution is -0.168. The van der Waals surface area contributed by atoms with E-state index in [2.05, 4.69) is 20.8 Å². The predicted molar refractivity (Wildman–Crippen MR) is 65.9 cm³/mol. The summed E-state index contributed by atoms with van der Waals surface area (Å²) in [7, 11) is 0. The van der Waals surface area contributed by atoms with E-state index < -0.39 is 0 Å². The smallest absolute Gasteiger partial charge is 0.309 e. The molecule has 2 saturated heterocycles. The Kier molecular flexibility index (Phi) is 1.75. The fourth-order valence-corrected chi connectivity index (χ4v) is 5.50. The van der Waals surface area contributed by atoms with Crippen LogP contribution in [0.15, 0.2) is 0 Å². The van der Waals surface area contributed by atoms with E-state index in [0.717, 1.165) is 12.8 Å². The van der Waals surface area contributed by atoms with Crippen molar-refractivity contribution in [3.63, 3.8) is 0 Å². The zero-order chi connectivity index (χ0) is 12.9. The van der Waals surface area contributed by atoms with Crippen LogP contribution in [-0.2, 0) is 14.3 Å². The second-order valence-corrected chi connectivity index (χ2v) is 7.64. The van der Waals surface area contributed by atoms with Gasteiger partial charge < -0.3 is 9.47 Å². The Morgan fingerprint density at radius 1 is 1.22 bits per heavy atom. The monoisotopic (exact) mass is 250 g/mol. The molecule has 0 aromatic rings. The molecule has 100 valence electrons. The van der Waals surface area contributed by atoms with Gasteiger partial charge in [-0.15, -0.1) is 0 Å². The highest BCUT2D eigenvalue weighted by molar-refractivity contribution is 5.76. The SMILES string of the molecule is C[C@@H]1C(=O)O[C@@]23CC(C)(C)[C@H]4O[C@]42[C@@H](C)CC[C@@H]13. The second-order valence-electron chi connectivity index (χ2n) is 7.64. The van der Waals surface area contributed by atoms with Gasteiger partial charge in [-0.25, -0.2) is 0 Å². The molecule has 0 N–H and O–H groups in total. The number of ether oxygens (including phenoxy) is 2. The normalized spacial score (nSPS) is 59.7. The number of hydrogen-bond acceptors (Lipinski definition) is 3. The van der Waals surface area contributed by atoms with Gasteiger partial charge in [0.05, 0.1) is 12.0 Å². The van der Waals surface area contributed by atoms with Crippen LogP contribution in [-0.4, -0.2) is 23.3 Å². The third kappa shape index (κ3) is 0.910. The molecule has 4 fully saturated rings. The van der Waals surface area contributed by atoms with E-state index >= 15 is 0 Å². The van der Waals surface area contributed by atoms with Crippen molar-refractivity contribution >= 4 is 5.97 Å². The van der Waals surface area contributed by atoms with Crippen LogP contribution in [0.3, 0.4) is 0 Å². The van der Waals surface area contributed by atoms with Crippen molar-refractivity contribution in [2.45, 2.75) is 64.3 Å². The van der Waals surface area contributed by atoms with E-state index in [1.807, 2.05) is 6.92 Å². The second kappa shape index (κ2) is 2.79. The van der Waals surface area contributed by atoms with Crippen LogP contribution >= 0.6 is 0 Å². The average Bonchev–Trinajstić information content (AvgIpc) is 2.93. The maximum absolute atomic E-state index is 12.1.